The largest absolute Gasteiger partial charge is 0.381 e. The van der Waals surface area contributed by atoms with Crippen LogP contribution in [0.25, 0.3) is 0 Å². The van der Waals surface area contributed by atoms with Crippen LogP contribution in [0.4, 0.5) is 0 Å². The van der Waals surface area contributed by atoms with Gasteiger partial charge in [0.25, 0.3) is 0 Å². The Morgan fingerprint density at radius 3 is 2.52 bits per heavy atom. The maximum Gasteiger partial charge on any atom is 0.233 e. The van der Waals surface area contributed by atoms with E-state index in [-0.39, 0.29) is 24.4 Å². The number of rotatable bonds is 3. The molecule has 0 radical (unpaired) electrons. The van der Waals surface area contributed by atoms with Gasteiger partial charge in [-0.05, 0) is 44.2 Å². The van der Waals surface area contributed by atoms with Crippen molar-refractivity contribution in [3.63, 3.8) is 0 Å². The van der Waals surface area contributed by atoms with Crippen molar-refractivity contribution < 1.29 is 9.53 Å². The smallest absolute Gasteiger partial charge is 0.233 e. The number of hydrogen-bond donors (Lipinski definition) is 1. The van der Waals surface area contributed by atoms with Crippen molar-refractivity contribution in [1.29, 1.82) is 0 Å². The summed E-state index contributed by atoms with van der Waals surface area (Å²) < 4.78 is 5.54. The van der Waals surface area contributed by atoms with Crippen LogP contribution in [0, 0.1) is 5.92 Å². The fourth-order valence-electron chi connectivity index (χ4n) is 3.97. The molecule has 2 N–H and O–H groups in total. The minimum absolute atomic E-state index is 0. The molecule has 1 amide bonds. The summed E-state index contributed by atoms with van der Waals surface area (Å²) >= 11 is 0. The lowest BCUT2D eigenvalue weighted by Gasteiger charge is -2.40. The number of ether oxygens (including phenoxy) is 1. The van der Waals surface area contributed by atoms with Crippen LogP contribution in [0.1, 0.15) is 31.7 Å². The van der Waals surface area contributed by atoms with Crippen molar-refractivity contribution in [3.8, 4) is 0 Å². The molecule has 23 heavy (non-hydrogen) atoms. The summed E-state index contributed by atoms with van der Waals surface area (Å²) in [5.41, 5.74) is 6.53. The summed E-state index contributed by atoms with van der Waals surface area (Å²) in [5.74, 6) is 0.706. The first kappa shape index (κ1) is 18.2. The Bertz CT molecular complexity index is 517. The maximum absolute atomic E-state index is 13.4. The normalized spacial score (nSPS) is 26.6. The van der Waals surface area contributed by atoms with Gasteiger partial charge in [-0.3, -0.25) is 4.79 Å². The second-order valence-corrected chi connectivity index (χ2v) is 6.70. The van der Waals surface area contributed by atoms with Crippen molar-refractivity contribution in [2.24, 2.45) is 11.7 Å². The van der Waals surface area contributed by atoms with Gasteiger partial charge in [-0.2, -0.15) is 0 Å². The standard InChI is InChI=1S/C18H26N2O2.ClH/c1-14-11-15(12-19)13-20(14)17(21)18(7-9-22-10-8-18)16-5-3-2-4-6-16;/h2-6,14-15H,7-13,19H2,1H3;1H. The van der Waals surface area contributed by atoms with Crippen molar-refractivity contribution in [2.45, 2.75) is 37.6 Å². The van der Waals surface area contributed by atoms with Gasteiger partial charge in [-0.25, -0.2) is 0 Å². The summed E-state index contributed by atoms with van der Waals surface area (Å²) in [5, 5.41) is 0. The van der Waals surface area contributed by atoms with Gasteiger partial charge in [-0.15, -0.1) is 12.4 Å². The third kappa shape index (κ3) is 3.39. The van der Waals surface area contributed by atoms with E-state index in [1.807, 2.05) is 18.2 Å². The molecule has 2 aliphatic rings. The van der Waals surface area contributed by atoms with E-state index in [1.165, 1.54) is 0 Å². The summed E-state index contributed by atoms with van der Waals surface area (Å²) in [7, 11) is 0. The summed E-state index contributed by atoms with van der Waals surface area (Å²) in [6, 6.07) is 10.5. The Balaban J connectivity index is 0.00000192. The van der Waals surface area contributed by atoms with E-state index in [2.05, 4.69) is 24.0 Å². The lowest BCUT2D eigenvalue weighted by atomic mass is 9.73. The number of nitrogens with two attached hydrogens (primary N) is 1. The van der Waals surface area contributed by atoms with Gasteiger partial charge in [0.2, 0.25) is 5.91 Å². The molecule has 0 bridgehead atoms. The molecule has 1 aromatic carbocycles. The van der Waals surface area contributed by atoms with Crippen LogP contribution in [-0.2, 0) is 14.9 Å². The monoisotopic (exact) mass is 338 g/mol. The SMILES string of the molecule is CC1CC(CN)CN1C(=O)C1(c2ccccc2)CCOCC1.Cl. The highest BCUT2D eigenvalue weighted by Crippen LogP contribution is 2.39. The number of halogens is 1. The van der Waals surface area contributed by atoms with Crippen molar-refractivity contribution in [2.75, 3.05) is 26.3 Å². The fourth-order valence-corrected chi connectivity index (χ4v) is 3.97. The summed E-state index contributed by atoms with van der Waals surface area (Å²) in [6.45, 7) is 4.92. The Kier molecular flexibility index (Phi) is 6.06. The van der Waals surface area contributed by atoms with Gasteiger partial charge in [0.15, 0.2) is 0 Å². The Labute approximate surface area is 144 Å². The number of nitrogens with zero attached hydrogens (tertiary/aromatic N) is 1. The summed E-state index contributed by atoms with van der Waals surface area (Å²) in [4.78, 5) is 15.5. The maximum atomic E-state index is 13.4. The molecule has 128 valence electrons. The number of carbonyl (C=O) groups excluding carboxylic acids is 1. The second-order valence-electron chi connectivity index (χ2n) is 6.70. The molecule has 2 saturated heterocycles. The molecule has 2 aliphatic heterocycles. The molecule has 1 aromatic rings. The minimum atomic E-state index is -0.419. The van der Waals surface area contributed by atoms with Gasteiger partial charge in [0, 0.05) is 25.8 Å². The molecular weight excluding hydrogens is 312 g/mol. The van der Waals surface area contributed by atoms with Gasteiger partial charge in [0.1, 0.15) is 0 Å². The van der Waals surface area contributed by atoms with E-state index >= 15 is 0 Å². The first-order chi connectivity index (χ1) is 10.7. The Hall–Kier alpha value is -1.10. The molecule has 2 unspecified atom stereocenters. The molecule has 0 aromatic heterocycles. The molecule has 5 heteroatoms. The number of benzene rings is 1. The van der Waals surface area contributed by atoms with Gasteiger partial charge in [-0.1, -0.05) is 30.3 Å². The molecule has 3 rings (SSSR count). The predicted molar refractivity (Wildman–Crippen MR) is 93.8 cm³/mol. The highest BCUT2D eigenvalue weighted by Gasteiger charge is 2.46. The third-order valence-corrected chi connectivity index (χ3v) is 5.34. The lowest BCUT2D eigenvalue weighted by molar-refractivity contribution is -0.142. The van der Waals surface area contributed by atoms with E-state index < -0.39 is 5.41 Å². The number of amides is 1. The molecule has 0 saturated carbocycles. The molecule has 4 nitrogen and oxygen atoms in total. The molecule has 2 atom stereocenters. The first-order valence-electron chi connectivity index (χ1n) is 8.32. The summed E-state index contributed by atoms with van der Waals surface area (Å²) in [6.07, 6.45) is 2.56. The highest BCUT2D eigenvalue weighted by atomic mass is 35.5. The zero-order valence-electron chi connectivity index (χ0n) is 13.7. The first-order valence-corrected chi connectivity index (χ1v) is 8.32. The molecule has 0 spiro atoms. The average Bonchev–Trinajstić information content (AvgIpc) is 2.96. The van der Waals surface area contributed by atoms with E-state index in [1.54, 1.807) is 0 Å². The van der Waals surface area contributed by atoms with E-state index in [0.29, 0.717) is 25.7 Å². The number of carbonyl (C=O) groups is 1. The van der Waals surface area contributed by atoms with Crippen LogP contribution in [0.2, 0.25) is 0 Å². The highest BCUT2D eigenvalue weighted by molar-refractivity contribution is 5.89. The van der Waals surface area contributed by atoms with E-state index in [0.717, 1.165) is 31.4 Å². The number of hydrogen-bond acceptors (Lipinski definition) is 3. The predicted octanol–water partition coefficient (Wildman–Crippen LogP) is 2.35. The van der Waals surface area contributed by atoms with E-state index in [4.69, 9.17) is 10.5 Å². The molecule has 2 heterocycles. The molecule has 2 fully saturated rings. The zero-order valence-corrected chi connectivity index (χ0v) is 14.6. The van der Waals surface area contributed by atoms with Crippen molar-refractivity contribution >= 4 is 18.3 Å². The van der Waals surface area contributed by atoms with Crippen LogP contribution in [0.3, 0.4) is 0 Å². The third-order valence-electron chi connectivity index (χ3n) is 5.34. The van der Waals surface area contributed by atoms with Crippen LogP contribution in [0.15, 0.2) is 30.3 Å². The second kappa shape index (κ2) is 7.65. The molecule has 0 aliphatic carbocycles. The van der Waals surface area contributed by atoms with Gasteiger partial charge >= 0.3 is 0 Å². The Morgan fingerprint density at radius 1 is 1.30 bits per heavy atom. The average molecular weight is 339 g/mol. The lowest BCUT2D eigenvalue weighted by Crippen LogP contribution is -2.51. The topological polar surface area (TPSA) is 55.6 Å². The van der Waals surface area contributed by atoms with Crippen molar-refractivity contribution in [1.82, 2.24) is 4.90 Å². The van der Waals surface area contributed by atoms with Crippen LogP contribution in [-0.4, -0.2) is 43.2 Å². The molecular formula is C18H27ClN2O2. The van der Waals surface area contributed by atoms with Crippen LogP contribution < -0.4 is 5.73 Å². The van der Waals surface area contributed by atoms with Crippen molar-refractivity contribution in [3.05, 3.63) is 35.9 Å². The van der Waals surface area contributed by atoms with Gasteiger partial charge < -0.3 is 15.4 Å². The fraction of sp³-hybridized carbons (Fsp3) is 0.611. The Morgan fingerprint density at radius 2 is 1.96 bits per heavy atom. The minimum Gasteiger partial charge on any atom is -0.381 e. The van der Waals surface area contributed by atoms with Crippen LogP contribution in [0.5, 0.6) is 0 Å². The quantitative estimate of drug-likeness (QED) is 0.920. The van der Waals surface area contributed by atoms with Gasteiger partial charge in [0.05, 0.1) is 5.41 Å². The number of likely N-dealkylation sites (tertiary alicyclic amines) is 1. The van der Waals surface area contributed by atoms with E-state index in [9.17, 15) is 4.79 Å². The van der Waals surface area contributed by atoms with Crippen LogP contribution >= 0.6 is 12.4 Å². The zero-order chi connectivity index (χ0) is 15.6.